The number of hydrogen-bond acceptors (Lipinski definition) is 2. The van der Waals surface area contributed by atoms with E-state index in [1.807, 2.05) is 19.1 Å². The summed E-state index contributed by atoms with van der Waals surface area (Å²) < 4.78 is 0. The molecule has 1 atom stereocenters. The predicted molar refractivity (Wildman–Crippen MR) is 60.6 cm³/mol. The third-order valence-electron chi connectivity index (χ3n) is 2.78. The van der Waals surface area contributed by atoms with Gasteiger partial charge in [-0.2, -0.15) is 0 Å². The van der Waals surface area contributed by atoms with Crippen molar-refractivity contribution in [3.05, 3.63) is 29.3 Å². The average molecular weight is 204 g/mol. The molecule has 3 nitrogen and oxygen atoms in total. The minimum absolute atomic E-state index is 0.0502. The van der Waals surface area contributed by atoms with E-state index in [1.165, 1.54) is 5.56 Å². The number of carbonyl (C=O) groups is 1. The van der Waals surface area contributed by atoms with Crippen LogP contribution in [0.15, 0.2) is 18.2 Å². The molecular weight excluding hydrogens is 188 g/mol. The van der Waals surface area contributed by atoms with Gasteiger partial charge < -0.3 is 11.1 Å². The van der Waals surface area contributed by atoms with E-state index < -0.39 is 0 Å². The zero-order valence-corrected chi connectivity index (χ0v) is 8.92. The first-order chi connectivity index (χ1) is 7.16. The number of amides is 1. The predicted octanol–water partition coefficient (Wildman–Crippen LogP) is 1.98. The van der Waals surface area contributed by atoms with E-state index in [1.54, 1.807) is 0 Å². The van der Waals surface area contributed by atoms with Crippen molar-refractivity contribution in [3.8, 4) is 0 Å². The monoisotopic (exact) mass is 204 g/mol. The van der Waals surface area contributed by atoms with Crippen LogP contribution < -0.4 is 11.1 Å². The second-order valence-electron chi connectivity index (χ2n) is 4.11. The second kappa shape index (κ2) is 4.03. The maximum Gasteiger partial charge on any atom is 0.224 e. The zero-order chi connectivity index (χ0) is 10.8. The van der Waals surface area contributed by atoms with Gasteiger partial charge in [0.2, 0.25) is 5.91 Å². The minimum atomic E-state index is 0.0502. The molecule has 1 aliphatic rings. The Bertz CT molecular complexity index is 385. The highest BCUT2D eigenvalue weighted by Gasteiger charge is 2.13. The molecule has 0 saturated carbocycles. The fourth-order valence-electron chi connectivity index (χ4n) is 1.88. The molecule has 1 amide bonds. The van der Waals surface area contributed by atoms with E-state index in [0.717, 1.165) is 24.1 Å². The minimum Gasteiger partial charge on any atom is -0.326 e. The van der Waals surface area contributed by atoms with Crippen LogP contribution in [0.25, 0.3) is 0 Å². The largest absolute Gasteiger partial charge is 0.326 e. The number of anilines is 1. The smallest absolute Gasteiger partial charge is 0.224 e. The number of nitrogens with one attached hydrogen (secondary N) is 1. The normalized spacial score (nSPS) is 17.6. The van der Waals surface area contributed by atoms with Crippen LogP contribution >= 0.6 is 0 Å². The Morgan fingerprint density at radius 2 is 2.20 bits per heavy atom. The molecule has 15 heavy (non-hydrogen) atoms. The molecule has 0 aliphatic carbocycles. The Hall–Kier alpha value is -1.35. The molecule has 1 aromatic rings. The van der Waals surface area contributed by atoms with E-state index in [4.69, 9.17) is 5.73 Å². The highest BCUT2D eigenvalue weighted by Crippen LogP contribution is 2.24. The molecule has 80 valence electrons. The van der Waals surface area contributed by atoms with Gasteiger partial charge in [-0.3, -0.25) is 4.79 Å². The van der Waals surface area contributed by atoms with Crippen molar-refractivity contribution < 1.29 is 4.79 Å². The topological polar surface area (TPSA) is 55.1 Å². The van der Waals surface area contributed by atoms with Crippen LogP contribution in [-0.4, -0.2) is 5.91 Å². The molecule has 0 aromatic heterocycles. The van der Waals surface area contributed by atoms with Crippen LogP contribution in [0.5, 0.6) is 0 Å². The molecule has 0 fully saturated rings. The van der Waals surface area contributed by atoms with Crippen LogP contribution in [0.3, 0.4) is 0 Å². The lowest BCUT2D eigenvalue weighted by Gasteiger charge is -2.11. The number of benzene rings is 1. The van der Waals surface area contributed by atoms with Crippen molar-refractivity contribution in [3.63, 3.8) is 0 Å². The van der Waals surface area contributed by atoms with Crippen LogP contribution in [0.1, 0.15) is 36.9 Å². The summed E-state index contributed by atoms with van der Waals surface area (Å²) in [5, 5.41) is 2.91. The first-order valence-electron chi connectivity index (χ1n) is 5.35. The molecule has 3 N–H and O–H groups in total. The molecule has 1 aromatic carbocycles. The van der Waals surface area contributed by atoms with Crippen LogP contribution in [0.4, 0.5) is 5.69 Å². The third kappa shape index (κ3) is 2.18. The molecule has 3 heteroatoms. The summed E-state index contributed by atoms with van der Waals surface area (Å²) in [7, 11) is 0. The van der Waals surface area contributed by atoms with Crippen LogP contribution in [0.2, 0.25) is 0 Å². The van der Waals surface area contributed by atoms with Crippen molar-refractivity contribution in [2.45, 2.75) is 32.2 Å². The van der Waals surface area contributed by atoms with Gasteiger partial charge in [0.15, 0.2) is 0 Å². The first kappa shape index (κ1) is 10.2. The number of fused-ring (bicyclic) bond motifs is 1. The number of carbonyl (C=O) groups excluding carboxylic acids is 1. The zero-order valence-electron chi connectivity index (χ0n) is 8.92. The van der Waals surface area contributed by atoms with Gasteiger partial charge in [0, 0.05) is 18.2 Å². The molecule has 0 bridgehead atoms. The maximum absolute atomic E-state index is 11.3. The molecule has 0 saturated heterocycles. The molecule has 0 spiro atoms. The van der Waals surface area contributed by atoms with E-state index in [9.17, 15) is 4.79 Å². The summed E-state index contributed by atoms with van der Waals surface area (Å²) >= 11 is 0. The summed E-state index contributed by atoms with van der Waals surface area (Å²) in [6.07, 6.45) is 2.48. The number of aryl methyl sites for hydroxylation is 1. The van der Waals surface area contributed by atoms with Gasteiger partial charge in [0.25, 0.3) is 0 Å². The molecular formula is C12H16N2O. The first-order valence-corrected chi connectivity index (χ1v) is 5.35. The van der Waals surface area contributed by atoms with Crippen LogP contribution in [-0.2, 0) is 11.2 Å². The van der Waals surface area contributed by atoms with E-state index in [0.29, 0.717) is 6.42 Å². The lowest BCUT2D eigenvalue weighted by Crippen LogP contribution is -2.10. The highest BCUT2D eigenvalue weighted by molar-refractivity contribution is 5.92. The fraction of sp³-hybridized carbons (Fsp3) is 0.417. The Labute approximate surface area is 89.7 Å². The number of hydrogen-bond donors (Lipinski definition) is 2. The Morgan fingerprint density at radius 3 is 2.93 bits per heavy atom. The number of nitrogens with two attached hydrogens (primary N) is 1. The van der Waals surface area contributed by atoms with Gasteiger partial charge in [-0.1, -0.05) is 12.1 Å². The standard InChI is InChI=1S/C12H16N2O/c1-8(13)9-5-6-11-10(7-9)3-2-4-12(15)14-11/h5-8H,2-4,13H2,1H3,(H,14,15)/t8-/m1/s1. The lowest BCUT2D eigenvalue weighted by molar-refractivity contribution is -0.116. The second-order valence-corrected chi connectivity index (χ2v) is 4.11. The highest BCUT2D eigenvalue weighted by atomic mass is 16.1. The molecule has 1 aliphatic heterocycles. The van der Waals surface area contributed by atoms with Gasteiger partial charge in [-0.15, -0.1) is 0 Å². The van der Waals surface area contributed by atoms with Crippen molar-refractivity contribution in [2.75, 3.05) is 5.32 Å². The van der Waals surface area contributed by atoms with Gasteiger partial charge >= 0.3 is 0 Å². The Morgan fingerprint density at radius 1 is 1.40 bits per heavy atom. The molecule has 0 unspecified atom stereocenters. The van der Waals surface area contributed by atoms with Crippen molar-refractivity contribution in [1.29, 1.82) is 0 Å². The average Bonchev–Trinajstić information content (AvgIpc) is 2.37. The lowest BCUT2D eigenvalue weighted by atomic mass is 10.0. The molecule has 2 rings (SSSR count). The van der Waals surface area contributed by atoms with Crippen molar-refractivity contribution >= 4 is 11.6 Å². The Balaban J connectivity index is 2.35. The SMILES string of the molecule is C[C@@H](N)c1ccc2c(c1)CCCC(=O)N2. The van der Waals surface area contributed by atoms with E-state index in [-0.39, 0.29) is 11.9 Å². The van der Waals surface area contributed by atoms with E-state index in [2.05, 4.69) is 11.4 Å². The maximum atomic E-state index is 11.3. The molecule has 0 radical (unpaired) electrons. The summed E-state index contributed by atoms with van der Waals surface area (Å²) in [6.45, 7) is 1.97. The quantitative estimate of drug-likeness (QED) is 0.735. The summed E-state index contributed by atoms with van der Waals surface area (Å²) in [6, 6.07) is 6.09. The summed E-state index contributed by atoms with van der Waals surface area (Å²) in [4.78, 5) is 11.3. The third-order valence-corrected chi connectivity index (χ3v) is 2.78. The van der Waals surface area contributed by atoms with Crippen LogP contribution in [0, 0.1) is 0 Å². The molecule has 1 heterocycles. The van der Waals surface area contributed by atoms with Gasteiger partial charge in [0.1, 0.15) is 0 Å². The summed E-state index contributed by atoms with van der Waals surface area (Å²) in [5.74, 6) is 0.113. The van der Waals surface area contributed by atoms with Crippen molar-refractivity contribution in [1.82, 2.24) is 0 Å². The Kier molecular flexibility index (Phi) is 2.73. The van der Waals surface area contributed by atoms with Gasteiger partial charge in [-0.25, -0.2) is 0 Å². The van der Waals surface area contributed by atoms with Gasteiger partial charge in [0.05, 0.1) is 0 Å². The fourth-order valence-corrected chi connectivity index (χ4v) is 1.88. The van der Waals surface area contributed by atoms with Gasteiger partial charge in [-0.05, 0) is 37.0 Å². The van der Waals surface area contributed by atoms with E-state index >= 15 is 0 Å². The van der Waals surface area contributed by atoms with Crippen molar-refractivity contribution in [2.24, 2.45) is 5.73 Å². The number of rotatable bonds is 1. The summed E-state index contributed by atoms with van der Waals surface area (Å²) in [5.41, 5.74) is 9.11.